The summed E-state index contributed by atoms with van der Waals surface area (Å²) >= 11 is 1.46. The number of carbonyl (C=O) groups is 2. The molecule has 1 amide bonds. The molecule has 1 N–H and O–H groups in total. The maximum Gasteiger partial charge on any atom is 0.337 e. The van der Waals surface area contributed by atoms with E-state index in [2.05, 4.69) is 20.2 Å². The minimum atomic E-state index is -0.432. The molecule has 0 atom stereocenters. The van der Waals surface area contributed by atoms with Gasteiger partial charge in [-0.05, 0) is 43.2 Å². The average molecular weight is 423 g/mol. The van der Waals surface area contributed by atoms with Crippen molar-refractivity contribution in [3.8, 4) is 10.7 Å². The molecule has 4 rings (SSSR count). The fourth-order valence-corrected chi connectivity index (χ4v) is 4.26. The highest BCUT2D eigenvalue weighted by atomic mass is 32.1. The molecule has 0 bridgehead atoms. The average Bonchev–Trinajstić information content (AvgIpc) is 3.46. The number of thiazole rings is 1. The van der Waals surface area contributed by atoms with Crippen molar-refractivity contribution in [2.75, 3.05) is 30.4 Å². The number of hydrogen-bond acceptors (Lipinski definition) is 7. The summed E-state index contributed by atoms with van der Waals surface area (Å²) in [5.74, 6) is -0.617. The number of carbonyl (C=O) groups excluding carboxylic acids is 2. The van der Waals surface area contributed by atoms with Crippen molar-refractivity contribution in [1.29, 1.82) is 0 Å². The second kappa shape index (κ2) is 9.04. The van der Waals surface area contributed by atoms with E-state index in [1.54, 1.807) is 18.3 Å². The third kappa shape index (κ3) is 4.49. The van der Waals surface area contributed by atoms with E-state index in [1.807, 2.05) is 29.6 Å². The Labute approximate surface area is 178 Å². The lowest BCUT2D eigenvalue weighted by Gasteiger charge is -2.22. The first kappa shape index (κ1) is 20.0. The van der Waals surface area contributed by atoms with E-state index >= 15 is 0 Å². The third-order valence-electron chi connectivity index (χ3n) is 4.92. The maximum absolute atomic E-state index is 12.7. The molecular weight excluding hydrogens is 400 g/mol. The van der Waals surface area contributed by atoms with Gasteiger partial charge in [0.25, 0.3) is 0 Å². The van der Waals surface area contributed by atoms with Crippen molar-refractivity contribution in [3.63, 3.8) is 0 Å². The lowest BCUT2D eigenvalue weighted by molar-refractivity contribution is -0.115. The van der Waals surface area contributed by atoms with Gasteiger partial charge in [0.1, 0.15) is 5.01 Å². The smallest absolute Gasteiger partial charge is 0.337 e. The molecule has 1 aromatic carbocycles. The van der Waals surface area contributed by atoms with Gasteiger partial charge in [0.2, 0.25) is 5.91 Å². The van der Waals surface area contributed by atoms with E-state index in [0.717, 1.165) is 42.3 Å². The molecule has 1 saturated heterocycles. The van der Waals surface area contributed by atoms with Gasteiger partial charge in [-0.2, -0.15) is 0 Å². The summed E-state index contributed by atoms with van der Waals surface area (Å²) in [4.78, 5) is 35.7. The van der Waals surface area contributed by atoms with E-state index in [0.29, 0.717) is 16.9 Å². The summed E-state index contributed by atoms with van der Waals surface area (Å²) in [5, 5.41) is 5.62. The Kier molecular flexibility index (Phi) is 6.04. The fraction of sp³-hybridized carbons (Fsp3) is 0.273. The van der Waals surface area contributed by atoms with Gasteiger partial charge >= 0.3 is 5.97 Å². The molecule has 0 saturated carbocycles. The highest BCUT2D eigenvalue weighted by molar-refractivity contribution is 7.13. The molecule has 3 aromatic rings. The second-order valence-electron chi connectivity index (χ2n) is 7.00. The van der Waals surface area contributed by atoms with Gasteiger partial charge in [-0.25, -0.2) is 9.78 Å². The van der Waals surface area contributed by atoms with E-state index in [9.17, 15) is 9.59 Å². The highest BCUT2D eigenvalue weighted by Crippen LogP contribution is 2.30. The first-order chi connectivity index (χ1) is 14.6. The number of anilines is 2. The van der Waals surface area contributed by atoms with Crippen LogP contribution in [0.2, 0.25) is 0 Å². The Morgan fingerprint density at radius 1 is 1.20 bits per heavy atom. The predicted molar refractivity (Wildman–Crippen MR) is 117 cm³/mol. The van der Waals surface area contributed by atoms with Crippen LogP contribution in [0.4, 0.5) is 11.4 Å². The number of nitrogens with one attached hydrogen (secondary N) is 1. The third-order valence-corrected chi connectivity index (χ3v) is 5.83. The summed E-state index contributed by atoms with van der Waals surface area (Å²) < 4.78 is 4.82. The second-order valence-corrected chi connectivity index (χ2v) is 7.86. The quantitative estimate of drug-likeness (QED) is 0.609. The number of methoxy groups -OCH3 is 1. The minimum absolute atomic E-state index is 0.144. The van der Waals surface area contributed by atoms with Crippen LogP contribution in [0, 0.1) is 0 Å². The summed E-state index contributed by atoms with van der Waals surface area (Å²) in [6.45, 7) is 1.86. The van der Waals surface area contributed by atoms with Gasteiger partial charge in [0, 0.05) is 24.7 Å². The topological polar surface area (TPSA) is 84.4 Å². The van der Waals surface area contributed by atoms with Crippen LogP contribution in [0.25, 0.3) is 10.7 Å². The van der Waals surface area contributed by atoms with Crippen LogP contribution in [-0.4, -0.2) is 42.0 Å². The maximum atomic E-state index is 12.7. The van der Waals surface area contributed by atoms with Crippen molar-refractivity contribution in [3.05, 3.63) is 59.2 Å². The van der Waals surface area contributed by atoms with Gasteiger partial charge in [-0.1, -0.05) is 6.07 Å². The molecule has 30 heavy (non-hydrogen) atoms. The standard InChI is InChI=1S/C22H22N4O3S/c1-29-22(28)15-7-8-19(26-10-4-5-11-26)18(12-15)25-20(27)13-16-14-30-21(24-16)17-6-2-3-9-23-17/h2-3,6-9,12,14H,4-5,10-11,13H2,1H3,(H,25,27). The van der Waals surface area contributed by atoms with Crippen LogP contribution in [0.15, 0.2) is 48.0 Å². The Hall–Kier alpha value is -3.26. The number of amides is 1. The summed E-state index contributed by atoms with van der Waals surface area (Å²) in [6, 6.07) is 10.9. The van der Waals surface area contributed by atoms with Crippen molar-refractivity contribution < 1.29 is 14.3 Å². The molecule has 1 fully saturated rings. The van der Waals surface area contributed by atoms with Crippen LogP contribution in [0.3, 0.4) is 0 Å². The van der Waals surface area contributed by atoms with Crippen molar-refractivity contribution >= 4 is 34.6 Å². The molecule has 1 aliphatic rings. The van der Waals surface area contributed by atoms with Gasteiger partial charge in [-0.3, -0.25) is 9.78 Å². The molecular formula is C22H22N4O3S. The number of aromatic nitrogens is 2. The normalized spacial score (nSPS) is 13.3. The number of nitrogens with zero attached hydrogens (tertiary/aromatic N) is 3. The van der Waals surface area contributed by atoms with Crippen LogP contribution in [-0.2, 0) is 16.0 Å². The van der Waals surface area contributed by atoms with E-state index in [-0.39, 0.29) is 12.3 Å². The van der Waals surface area contributed by atoms with Gasteiger partial charge in [-0.15, -0.1) is 11.3 Å². The van der Waals surface area contributed by atoms with Crippen molar-refractivity contribution in [2.45, 2.75) is 19.3 Å². The van der Waals surface area contributed by atoms with E-state index < -0.39 is 5.97 Å². The lowest BCUT2D eigenvalue weighted by atomic mass is 10.1. The van der Waals surface area contributed by atoms with Gasteiger partial charge in [0.15, 0.2) is 0 Å². The molecule has 0 spiro atoms. The summed E-state index contributed by atoms with van der Waals surface area (Å²) in [7, 11) is 1.34. The molecule has 0 aliphatic carbocycles. The van der Waals surface area contributed by atoms with Crippen molar-refractivity contribution in [1.82, 2.24) is 9.97 Å². The molecule has 7 nitrogen and oxygen atoms in total. The Bertz CT molecular complexity index is 1050. The summed E-state index contributed by atoms with van der Waals surface area (Å²) in [6.07, 6.45) is 4.09. The molecule has 0 unspecified atom stereocenters. The highest BCUT2D eigenvalue weighted by Gasteiger charge is 2.19. The van der Waals surface area contributed by atoms with Gasteiger partial charge in [0.05, 0.1) is 41.9 Å². The van der Waals surface area contributed by atoms with E-state index in [1.165, 1.54) is 18.4 Å². The number of esters is 1. The Morgan fingerprint density at radius 3 is 2.77 bits per heavy atom. The zero-order chi connectivity index (χ0) is 20.9. The predicted octanol–water partition coefficient (Wildman–Crippen LogP) is 3.77. The van der Waals surface area contributed by atoms with Crippen LogP contribution < -0.4 is 10.2 Å². The SMILES string of the molecule is COC(=O)c1ccc(N2CCCC2)c(NC(=O)Cc2csc(-c3ccccn3)n2)c1. The van der Waals surface area contributed by atoms with Crippen molar-refractivity contribution in [2.24, 2.45) is 0 Å². The fourth-order valence-electron chi connectivity index (χ4n) is 3.47. The monoisotopic (exact) mass is 422 g/mol. The molecule has 0 radical (unpaired) electrons. The largest absolute Gasteiger partial charge is 0.465 e. The molecule has 1 aliphatic heterocycles. The number of benzene rings is 1. The number of hydrogen-bond donors (Lipinski definition) is 1. The number of rotatable bonds is 6. The number of ether oxygens (including phenoxy) is 1. The van der Waals surface area contributed by atoms with E-state index in [4.69, 9.17) is 4.74 Å². The van der Waals surface area contributed by atoms with Crippen LogP contribution >= 0.6 is 11.3 Å². The lowest BCUT2D eigenvalue weighted by Crippen LogP contribution is -2.22. The Morgan fingerprint density at radius 2 is 2.03 bits per heavy atom. The molecule has 154 valence electrons. The van der Waals surface area contributed by atoms with Crippen LogP contribution in [0.1, 0.15) is 28.9 Å². The van der Waals surface area contributed by atoms with Gasteiger partial charge < -0.3 is 15.0 Å². The van der Waals surface area contributed by atoms with Crippen LogP contribution in [0.5, 0.6) is 0 Å². The first-order valence-electron chi connectivity index (χ1n) is 9.77. The minimum Gasteiger partial charge on any atom is -0.465 e. The number of pyridine rings is 1. The molecule has 8 heteroatoms. The summed E-state index contributed by atoms with van der Waals surface area (Å²) in [5.41, 5.74) is 3.41. The zero-order valence-electron chi connectivity index (χ0n) is 16.6. The molecule has 3 heterocycles. The Balaban J connectivity index is 1.52. The molecule has 2 aromatic heterocycles. The zero-order valence-corrected chi connectivity index (χ0v) is 17.4. The first-order valence-corrected chi connectivity index (χ1v) is 10.6.